The summed E-state index contributed by atoms with van der Waals surface area (Å²) in [6.07, 6.45) is -93.5. The molecule has 0 bridgehead atoms. The highest BCUT2D eigenvalue weighted by molar-refractivity contribution is 5.79. The number of rotatable bonds is 39. The van der Waals surface area contributed by atoms with Gasteiger partial charge in [0, 0.05) is 60.3 Å². The lowest BCUT2D eigenvalue weighted by Crippen LogP contribution is -2.73. The first kappa shape index (κ1) is 107. The lowest BCUT2D eigenvalue weighted by atomic mass is 9.87. The number of carboxylic acids is 4. The number of aliphatic hydroxyl groups excluding tert-OH is 25. The first-order valence-corrected chi connectivity index (χ1v) is 39.6. The van der Waals surface area contributed by atoms with Crippen molar-refractivity contribution in [2.45, 2.75) is 328 Å². The van der Waals surface area contributed by atoms with Gasteiger partial charge in [-0.1, -0.05) is 0 Å². The maximum Gasteiger partial charge on any atom is 0.364 e. The molecule has 8 aliphatic heterocycles. The van der Waals surface area contributed by atoms with Crippen LogP contribution in [0.15, 0.2) is 0 Å². The molecule has 44 atom stereocenters. The lowest BCUT2D eigenvalue weighted by Gasteiger charge is -2.53. The van der Waals surface area contributed by atoms with Gasteiger partial charge in [0.05, 0.1) is 101 Å². The molecule has 34 N–H and O–H groups in total. The van der Waals surface area contributed by atoms with Crippen LogP contribution in [0.25, 0.3) is 0 Å². The van der Waals surface area contributed by atoms with Crippen molar-refractivity contribution in [3.05, 3.63) is 0 Å². The number of ether oxygens (including phenoxy) is 15. The maximum atomic E-state index is 14.1. The quantitative estimate of drug-likeness (QED) is 0.0272. The van der Waals surface area contributed by atoms with Crippen molar-refractivity contribution in [2.75, 3.05) is 52.9 Å². The average Bonchev–Trinajstić information content (AvgIpc) is 0.746. The molecule has 0 aliphatic carbocycles. The molecule has 58 heteroatoms. The third-order valence-electron chi connectivity index (χ3n) is 22.6. The second-order valence-corrected chi connectivity index (χ2v) is 31.8. The lowest BCUT2D eigenvalue weighted by molar-refractivity contribution is -0.406. The normalized spacial score (nSPS) is 42.5. The number of nitrogens with one attached hydrogen (secondary N) is 5. The van der Waals surface area contributed by atoms with E-state index in [-0.39, 0.29) is 0 Å². The predicted molar refractivity (Wildman–Crippen MR) is 391 cm³/mol. The van der Waals surface area contributed by atoms with Crippen molar-refractivity contribution in [1.82, 2.24) is 26.6 Å². The molecule has 0 aromatic carbocycles. The Morgan fingerprint density at radius 1 is 0.336 bits per heavy atom. The molecule has 8 rings (SSSR count). The fourth-order valence-electron chi connectivity index (χ4n) is 16.2. The summed E-state index contributed by atoms with van der Waals surface area (Å²) < 4.78 is 88.3. The van der Waals surface area contributed by atoms with Crippen LogP contribution in [-0.4, -0.2) is 522 Å². The molecule has 0 saturated carbocycles. The van der Waals surface area contributed by atoms with Crippen LogP contribution < -0.4 is 26.6 Å². The highest BCUT2D eigenvalue weighted by Crippen LogP contribution is 2.45. The predicted octanol–water partition coefficient (Wildman–Crippen LogP) is -20.9. The summed E-state index contributed by atoms with van der Waals surface area (Å²) in [4.78, 5) is 119. The van der Waals surface area contributed by atoms with Gasteiger partial charge >= 0.3 is 23.9 Å². The Hall–Kier alpha value is -6.37. The zero-order chi connectivity index (χ0) is 95.9. The Balaban J connectivity index is 1.27. The van der Waals surface area contributed by atoms with Gasteiger partial charge in [-0.25, -0.2) is 19.2 Å². The summed E-state index contributed by atoms with van der Waals surface area (Å²) >= 11 is 0. The van der Waals surface area contributed by atoms with Crippen molar-refractivity contribution in [3.63, 3.8) is 0 Å². The minimum atomic E-state index is -3.76. The van der Waals surface area contributed by atoms with E-state index >= 15 is 0 Å². The number of carboxylic acid groups (broad SMARTS) is 4. The summed E-state index contributed by atoms with van der Waals surface area (Å²) in [6, 6.07) is -10.4. The van der Waals surface area contributed by atoms with E-state index in [0.717, 1.165) is 27.7 Å². The monoisotopic (exact) mass is 1870 g/mol. The molecular weight excluding hydrogens is 1760 g/mol. The van der Waals surface area contributed by atoms with Crippen molar-refractivity contribution in [3.8, 4) is 0 Å². The van der Waals surface area contributed by atoms with Crippen LogP contribution in [0.5, 0.6) is 0 Å². The van der Waals surface area contributed by atoms with Crippen LogP contribution in [0.2, 0.25) is 0 Å². The first-order valence-electron chi connectivity index (χ1n) is 39.6. The SMILES string of the molecule is CC(=O)N[C@H]1[C@H](O[C@@H]2[C@H](O[C@]3(C(=O)O)C[C@H](O)[C@@H](NC(C)=O)[C@H]([C@H](O)[C@H](O)CO)O3)[C@@H](O)[C@H](O[C@H]3[C@H](O)[C@@H](O)[C@H](O)O[C@@H]3CO)O[C@@H]2CO)O[C@H](CO[C@]2(C(=O)O)C[C@H](O)[C@@H](NC(C)=O)[C@H]([C@H](O)[C@H](O)CO)O2)[C@H](O)[C@@H]1O[C@@H]1O[C@H](CO)[C@H](O)[C@H](O[C@]2(C(=O)O)C[C@H](O)[C@@H](NC(C)=O)[C@H]([C@H](O)[C@@H](CO)O[C@]3(C(=O)O)C[C@H](O)[C@@H](NC(C)=O)[C@H]([C@H](O)[C@H](O)CO)O3)O2)[C@H]1O. The van der Waals surface area contributed by atoms with Crippen molar-refractivity contribution >= 4 is 53.4 Å². The van der Waals surface area contributed by atoms with Gasteiger partial charge in [0.1, 0.15) is 171 Å². The molecule has 736 valence electrons. The van der Waals surface area contributed by atoms with Crippen LogP contribution in [0.1, 0.15) is 60.3 Å². The number of carbonyl (C=O) groups excluding carboxylic acids is 5. The van der Waals surface area contributed by atoms with Gasteiger partial charge in [0.15, 0.2) is 25.2 Å². The van der Waals surface area contributed by atoms with E-state index in [4.69, 9.17) is 71.1 Å². The van der Waals surface area contributed by atoms with Gasteiger partial charge in [-0.3, -0.25) is 24.0 Å². The largest absolute Gasteiger partial charge is 0.477 e. The highest BCUT2D eigenvalue weighted by atomic mass is 16.8. The number of aliphatic carboxylic acids is 4. The first-order chi connectivity index (χ1) is 59.9. The second kappa shape index (κ2) is 44.7. The Morgan fingerprint density at radius 2 is 0.656 bits per heavy atom. The molecule has 0 aromatic heterocycles. The summed E-state index contributed by atoms with van der Waals surface area (Å²) in [6.45, 7) is -7.36. The topological polar surface area (TPSA) is 939 Å². The van der Waals surface area contributed by atoms with E-state index in [1.165, 1.54) is 0 Å². The zero-order valence-electron chi connectivity index (χ0n) is 68.3. The second-order valence-electron chi connectivity index (χ2n) is 31.8. The van der Waals surface area contributed by atoms with E-state index < -0.39 is 400 Å². The van der Waals surface area contributed by atoms with E-state index in [0.29, 0.717) is 6.92 Å². The van der Waals surface area contributed by atoms with Gasteiger partial charge in [0.2, 0.25) is 29.5 Å². The summed E-state index contributed by atoms with van der Waals surface area (Å²) in [5.74, 6) is -29.1. The summed E-state index contributed by atoms with van der Waals surface area (Å²) in [5, 5.41) is 336. The number of amides is 5. The van der Waals surface area contributed by atoms with E-state index in [1.807, 2.05) is 0 Å². The maximum absolute atomic E-state index is 14.1. The number of aliphatic hydroxyl groups is 25. The molecule has 8 fully saturated rings. The van der Waals surface area contributed by atoms with Crippen LogP contribution in [-0.2, 0) is 114 Å². The fraction of sp³-hybridized carbons (Fsp3) is 0.871. The van der Waals surface area contributed by atoms with E-state index in [9.17, 15) is 191 Å². The molecule has 8 saturated heterocycles. The minimum absolute atomic E-state index is 0.709. The van der Waals surface area contributed by atoms with E-state index in [1.54, 1.807) is 0 Å². The number of carbonyl (C=O) groups is 9. The Bertz CT molecular complexity index is 3720. The Morgan fingerprint density at radius 3 is 1.05 bits per heavy atom. The molecule has 8 aliphatic rings. The van der Waals surface area contributed by atoms with Gasteiger partial charge in [-0.15, -0.1) is 0 Å². The zero-order valence-corrected chi connectivity index (χ0v) is 68.3. The molecule has 8 heterocycles. The Labute approximate surface area is 721 Å². The van der Waals surface area contributed by atoms with Gasteiger partial charge in [0.25, 0.3) is 23.1 Å². The molecular formula is C70H113N5O53. The fourth-order valence-corrected chi connectivity index (χ4v) is 16.2. The molecule has 0 spiro atoms. The Kier molecular flexibility index (Phi) is 37.3. The molecule has 0 unspecified atom stereocenters. The molecule has 58 nitrogen and oxygen atoms in total. The van der Waals surface area contributed by atoms with Crippen LogP contribution in [0.3, 0.4) is 0 Å². The summed E-state index contributed by atoms with van der Waals surface area (Å²) in [5.41, 5.74) is 0. The van der Waals surface area contributed by atoms with Crippen LogP contribution in [0, 0.1) is 0 Å². The van der Waals surface area contributed by atoms with Crippen molar-refractivity contribution < 1.29 is 262 Å². The van der Waals surface area contributed by atoms with Crippen molar-refractivity contribution in [1.29, 1.82) is 0 Å². The summed E-state index contributed by atoms with van der Waals surface area (Å²) in [7, 11) is 0. The van der Waals surface area contributed by atoms with Gasteiger partial charge in [-0.05, 0) is 0 Å². The standard InChI is InChI=1S/C70H113N5O53/c1-18(83)71-35-23(88)6-67(63(106)107,123-53(35)40(95)27(92)10-76)114-17-34-45(100)52(39(75-22(5)87)60(118-34)120-51-33(16-82)117-62(119-50-32(15-81)115-59(105)47(102)46(50)101)49(104)58(51)128-70(66(112)113)9-25(90)37(73-20(3)85)55(125-70)42(97)29(94)12-78)121-61-48(103)57(43(98)30(13-79)116-61)127-69(65(110)111)8-26(91)38(74-21(4)86)56(126-69)44(99)31(14-80)122-68(64(108)109)7-24(89)36(72-19(2)84)54(124-68)41(96)28(93)11-77/h23-62,76-82,88-105H,6-17H2,1-5H3,(H,71,83)(H,72,84)(H,73,85)(H,74,86)(H,75,87)(H,106,107)(H,108,109)(H,110,111)(H,112,113)/t23-,24-,25-,26-,27+,28+,29+,30+,31+,32+,33+,34+,35+,36+,37+,38+,39+,40+,41+,42+,43-,44+,45-,46+,47+,48+,49+,50+,51-,52+,53+,54+,55+,56+,57-,58+,59+,60-,61-,62-,67+,68+,69-,70-/m0/s1. The third kappa shape index (κ3) is 23.3. The number of hydrogen-bond acceptors (Lipinski definition) is 49. The van der Waals surface area contributed by atoms with Gasteiger partial charge < -0.3 is 246 Å². The average molecular weight is 1870 g/mol. The van der Waals surface area contributed by atoms with Crippen molar-refractivity contribution in [2.24, 2.45) is 0 Å². The van der Waals surface area contributed by atoms with Gasteiger partial charge in [-0.2, -0.15) is 0 Å². The molecule has 128 heavy (non-hydrogen) atoms. The molecule has 0 radical (unpaired) electrons. The highest BCUT2D eigenvalue weighted by Gasteiger charge is 2.67. The third-order valence-corrected chi connectivity index (χ3v) is 22.6. The minimum Gasteiger partial charge on any atom is -0.477 e. The molecule has 5 amide bonds. The smallest absolute Gasteiger partial charge is 0.364 e. The van der Waals surface area contributed by atoms with Crippen LogP contribution >= 0.6 is 0 Å². The van der Waals surface area contributed by atoms with E-state index in [2.05, 4.69) is 26.6 Å². The van der Waals surface area contributed by atoms with Crippen LogP contribution in [0.4, 0.5) is 0 Å². The number of hydrogen-bond donors (Lipinski definition) is 34. The molecule has 0 aromatic rings.